The van der Waals surface area contributed by atoms with Gasteiger partial charge in [0.2, 0.25) is 0 Å². The first-order valence-electron chi connectivity index (χ1n) is 7.86. The van der Waals surface area contributed by atoms with Crippen molar-refractivity contribution < 1.29 is 14.3 Å². The smallest absolute Gasteiger partial charge is 0.254 e. The number of nitrogens with zero attached hydrogens (tertiary/aromatic N) is 2. The maximum atomic E-state index is 12.8. The quantitative estimate of drug-likeness (QED) is 0.794. The number of carbonyl (C=O) groups excluding carboxylic acids is 1. The van der Waals surface area contributed by atoms with Crippen molar-refractivity contribution in [1.82, 2.24) is 9.88 Å². The van der Waals surface area contributed by atoms with Gasteiger partial charge < -0.3 is 14.4 Å². The molecule has 1 aromatic heterocycles. The van der Waals surface area contributed by atoms with Crippen LogP contribution in [0.3, 0.4) is 0 Å². The molecule has 0 atom stereocenters. The van der Waals surface area contributed by atoms with E-state index >= 15 is 0 Å². The molecule has 0 fully saturated rings. The van der Waals surface area contributed by atoms with Gasteiger partial charge in [0.15, 0.2) is 11.5 Å². The van der Waals surface area contributed by atoms with Gasteiger partial charge in [-0.05, 0) is 29.8 Å². The second kappa shape index (κ2) is 7.17. The molecule has 0 aliphatic carbocycles. The molecule has 5 nitrogen and oxygen atoms in total. The lowest BCUT2D eigenvalue weighted by molar-refractivity contribution is 0.0733. The number of methoxy groups -OCH3 is 1. The number of fused-ring (bicyclic) bond motifs is 1. The van der Waals surface area contributed by atoms with Crippen LogP contribution < -0.4 is 9.47 Å². The first-order chi connectivity index (χ1) is 11.7. The maximum Gasteiger partial charge on any atom is 0.254 e. The molecule has 0 unspecified atom stereocenters. The molecule has 0 N–H and O–H groups in total. The number of pyridine rings is 1. The van der Waals surface area contributed by atoms with E-state index in [2.05, 4.69) is 11.6 Å². The summed E-state index contributed by atoms with van der Waals surface area (Å²) in [7, 11) is 1.56. The number of carbonyl (C=O) groups is 1. The van der Waals surface area contributed by atoms with Crippen LogP contribution in [0.5, 0.6) is 11.5 Å². The highest BCUT2D eigenvalue weighted by Crippen LogP contribution is 2.29. The fourth-order valence-electron chi connectivity index (χ4n) is 2.79. The highest BCUT2D eigenvalue weighted by molar-refractivity contribution is 5.95. The lowest BCUT2D eigenvalue weighted by Gasteiger charge is -2.28. The molecule has 0 bridgehead atoms. The fourth-order valence-corrected chi connectivity index (χ4v) is 2.79. The first kappa shape index (κ1) is 16.1. The van der Waals surface area contributed by atoms with Gasteiger partial charge in [0.05, 0.1) is 7.11 Å². The lowest BCUT2D eigenvalue weighted by atomic mass is 10.0. The van der Waals surface area contributed by atoms with Crippen LogP contribution in [0.4, 0.5) is 0 Å². The first-order valence-corrected chi connectivity index (χ1v) is 7.86. The minimum Gasteiger partial charge on any atom is -0.493 e. The Morgan fingerprint density at radius 3 is 3.04 bits per heavy atom. The van der Waals surface area contributed by atoms with Crippen molar-refractivity contribution in [2.75, 3.05) is 20.3 Å². The van der Waals surface area contributed by atoms with Crippen molar-refractivity contribution in [3.63, 3.8) is 0 Å². The zero-order valence-electron chi connectivity index (χ0n) is 13.7. The van der Waals surface area contributed by atoms with Crippen LogP contribution in [0.1, 0.15) is 21.6 Å². The summed E-state index contributed by atoms with van der Waals surface area (Å²) in [6, 6.07) is 9.17. The number of hydrogen-bond donors (Lipinski definition) is 0. The van der Waals surface area contributed by atoms with Crippen molar-refractivity contribution in [3.8, 4) is 11.5 Å². The Balaban J connectivity index is 1.79. The number of rotatable bonds is 5. The third-order valence-electron chi connectivity index (χ3n) is 4.02. The van der Waals surface area contributed by atoms with Gasteiger partial charge in [-0.1, -0.05) is 18.7 Å². The van der Waals surface area contributed by atoms with Gasteiger partial charge in [-0.15, -0.1) is 0 Å². The van der Waals surface area contributed by atoms with Gasteiger partial charge in [-0.2, -0.15) is 0 Å². The molecule has 3 rings (SSSR count). The van der Waals surface area contributed by atoms with Gasteiger partial charge in [-0.3, -0.25) is 9.78 Å². The molecule has 0 radical (unpaired) electrons. The predicted molar refractivity (Wildman–Crippen MR) is 91.4 cm³/mol. The van der Waals surface area contributed by atoms with E-state index in [9.17, 15) is 4.79 Å². The van der Waals surface area contributed by atoms with Gasteiger partial charge >= 0.3 is 0 Å². The van der Waals surface area contributed by atoms with Crippen LogP contribution in [0, 0.1) is 0 Å². The van der Waals surface area contributed by atoms with Crippen molar-refractivity contribution in [2.45, 2.75) is 13.0 Å². The van der Waals surface area contributed by atoms with Gasteiger partial charge in [0.1, 0.15) is 6.61 Å². The van der Waals surface area contributed by atoms with E-state index in [4.69, 9.17) is 9.47 Å². The Hall–Kier alpha value is -2.82. The third kappa shape index (κ3) is 3.25. The Morgan fingerprint density at radius 1 is 1.38 bits per heavy atom. The molecule has 5 heteroatoms. The normalized spacial score (nSPS) is 13.1. The molecule has 2 aromatic rings. The molecule has 1 aromatic carbocycles. The molecular formula is C19H20N2O3. The average molecular weight is 324 g/mol. The zero-order chi connectivity index (χ0) is 16.9. The highest BCUT2D eigenvalue weighted by atomic mass is 16.5. The molecule has 2 heterocycles. The minimum atomic E-state index is -0.0157. The standard InChI is InChI=1S/C19H20N2O3/c1-3-11-24-17-7-6-14(12-18(17)23-2)19(22)21-10-8-16-15(13-21)5-4-9-20-16/h3-7,9,12H,1,8,10-11,13H2,2H3. The molecule has 1 aliphatic rings. The van der Waals surface area contributed by atoms with Gasteiger partial charge in [-0.25, -0.2) is 0 Å². The van der Waals surface area contributed by atoms with Crippen LogP contribution in [0.2, 0.25) is 0 Å². The van der Waals surface area contributed by atoms with Crippen molar-refractivity contribution in [2.24, 2.45) is 0 Å². The summed E-state index contributed by atoms with van der Waals surface area (Å²) >= 11 is 0. The van der Waals surface area contributed by atoms with E-state index in [1.54, 1.807) is 37.6 Å². The summed E-state index contributed by atoms with van der Waals surface area (Å²) in [6.45, 7) is 5.26. The van der Waals surface area contributed by atoms with Crippen LogP contribution in [0.25, 0.3) is 0 Å². The second-order valence-corrected chi connectivity index (χ2v) is 5.55. The Labute approximate surface area is 141 Å². The van der Waals surface area contributed by atoms with Crippen molar-refractivity contribution in [1.29, 1.82) is 0 Å². The summed E-state index contributed by atoms with van der Waals surface area (Å²) in [5.74, 6) is 1.13. The van der Waals surface area contributed by atoms with E-state index in [-0.39, 0.29) is 5.91 Å². The molecule has 0 saturated carbocycles. The van der Waals surface area contributed by atoms with Crippen molar-refractivity contribution in [3.05, 3.63) is 66.0 Å². The number of hydrogen-bond acceptors (Lipinski definition) is 4. The summed E-state index contributed by atoms with van der Waals surface area (Å²) in [6.07, 6.45) is 4.24. The summed E-state index contributed by atoms with van der Waals surface area (Å²) in [5, 5.41) is 0. The summed E-state index contributed by atoms with van der Waals surface area (Å²) in [4.78, 5) is 19.0. The van der Waals surface area contributed by atoms with Crippen LogP contribution in [0.15, 0.2) is 49.2 Å². The summed E-state index contributed by atoms with van der Waals surface area (Å²) < 4.78 is 10.9. The Bertz CT molecular complexity index is 758. The SMILES string of the molecule is C=CCOc1ccc(C(=O)N2CCc3ncccc3C2)cc1OC. The molecule has 124 valence electrons. The third-order valence-corrected chi connectivity index (χ3v) is 4.02. The minimum absolute atomic E-state index is 0.0157. The molecular weight excluding hydrogens is 304 g/mol. The van der Waals surface area contributed by atoms with E-state index in [0.29, 0.717) is 36.8 Å². The monoisotopic (exact) mass is 324 g/mol. The van der Waals surface area contributed by atoms with Gasteiger partial charge in [0.25, 0.3) is 5.91 Å². The molecule has 0 spiro atoms. The fraction of sp³-hybridized carbons (Fsp3) is 0.263. The second-order valence-electron chi connectivity index (χ2n) is 5.55. The van der Waals surface area contributed by atoms with Crippen LogP contribution in [-0.2, 0) is 13.0 Å². The largest absolute Gasteiger partial charge is 0.493 e. The summed E-state index contributed by atoms with van der Waals surface area (Å²) in [5.41, 5.74) is 2.77. The molecule has 1 amide bonds. The molecule has 24 heavy (non-hydrogen) atoms. The van der Waals surface area contributed by atoms with Crippen LogP contribution >= 0.6 is 0 Å². The molecule has 1 aliphatic heterocycles. The molecule has 0 saturated heterocycles. The zero-order valence-corrected chi connectivity index (χ0v) is 13.7. The van der Waals surface area contributed by atoms with Gasteiger partial charge in [0, 0.05) is 37.0 Å². The van der Waals surface area contributed by atoms with E-state index < -0.39 is 0 Å². The average Bonchev–Trinajstić information content (AvgIpc) is 2.65. The topological polar surface area (TPSA) is 51.7 Å². The van der Waals surface area contributed by atoms with Crippen molar-refractivity contribution >= 4 is 5.91 Å². The highest BCUT2D eigenvalue weighted by Gasteiger charge is 2.23. The number of amides is 1. The Morgan fingerprint density at radius 2 is 2.25 bits per heavy atom. The van der Waals surface area contributed by atoms with E-state index in [0.717, 1.165) is 17.7 Å². The lowest BCUT2D eigenvalue weighted by Crippen LogP contribution is -2.36. The number of benzene rings is 1. The number of ether oxygens (including phenoxy) is 2. The predicted octanol–water partition coefficient (Wildman–Crippen LogP) is 2.85. The maximum absolute atomic E-state index is 12.8. The number of aromatic nitrogens is 1. The Kier molecular flexibility index (Phi) is 4.79. The van der Waals surface area contributed by atoms with E-state index in [1.165, 1.54) is 0 Å². The van der Waals surface area contributed by atoms with Crippen LogP contribution in [-0.4, -0.2) is 36.1 Å². The van der Waals surface area contributed by atoms with E-state index in [1.807, 2.05) is 17.0 Å².